The Balaban J connectivity index is 1.94. The van der Waals surface area contributed by atoms with E-state index in [4.69, 9.17) is 0 Å². The normalized spacial score (nSPS) is 20.3. The van der Waals surface area contributed by atoms with Crippen LogP contribution in [0.25, 0.3) is 0 Å². The molecule has 1 aromatic rings. The summed E-state index contributed by atoms with van der Waals surface area (Å²) in [4.78, 5) is 2.26. The smallest absolute Gasteiger partial charge is 0.152 e. The second-order valence-corrected chi connectivity index (χ2v) is 8.35. The first-order valence-electron chi connectivity index (χ1n) is 7.58. The molecule has 1 aliphatic rings. The highest BCUT2D eigenvalue weighted by Crippen LogP contribution is 2.20. The third-order valence-electron chi connectivity index (χ3n) is 4.17. The van der Waals surface area contributed by atoms with Crippen LogP contribution in [0.5, 0.6) is 0 Å². The van der Waals surface area contributed by atoms with E-state index >= 15 is 0 Å². The molecular formula is C16H26N2O2S. The summed E-state index contributed by atoms with van der Waals surface area (Å²) in [7, 11) is -0.791. The first-order valence-corrected chi connectivity index (χ1v) is 9.40. The molecule has 1 saturated heterocycles. The Bertz CT molecular complexity index is 550. The van der Waals surface area contributed by atoms with Crippen LogP contribution in [0.4, 0.5) is 0 Å². The van der Waals surface area contributed by atoms with Crippen molar-refractivity contribution in [2.24, 2.45) is 0 Å². The molecule has 1 aromatic carbocycles. The van der Waals surface area contributed by atoms with Gasteiger partial charge in [-0.25, -0.2) is 8.42 Å². The van der Waals surface area contributed by atoms with Gasteiger partial charge in [0.1, 0.15) is 0 Å². The molecule has 0 amide bonds. The molecular weight excluding hydrogens is 284 g/mol. The molecule has 0 bridgehead atoms. The Morgan fingerprint density at radius 1 is 1.14 bits per heavy atom. The Hall–Kier alpha value is -0.910. The van der Waals surface area contributed by atoms with Gasteiger partial charge in [-0.15, -0.1) is 0 Å². The zero-order chi connectivity index (χ0) is 15.5. The minimum Gasteiger partial charge on any atom is -0.313 e. The van der Waals surface area contributed by atoms with Gasteiger partial charge in [0, 0.05) is 25.7 Å². The molecule has 5 heteroatoms. The fourth-order valence-electron chi connectivity index (χ4n) is 2.97. The number of sulfone groups is 1. The number of nitrogens with one attached hydrogen (secondary N) is 1. The molecule has 1 aliphatic heterocycles. The van der Waals surface area contributed by atoms with Gasteiger partial charge in [0.25, 0.3) is 0 Å². The highest BCUT2D eigenvalue weighted by atomic mass is 32.2. The van der Waals surface area contributed by atoms with Crippen molar-refractivity contribution in [2.75, 3.05) is 38.2 Å². The number of aryl methyl sites for hydroxylation is 2. The molecule has 1 heterocycles. The molecule has 2 rings (SSSR count). The lowest BCUT2D eigenvalue weighted by Crippen LogP contribution is -2.41. The maximum Gasteiger partial charge on any atom is 0.152 e. The number of hydrogen-bond donors (Lipinski definition) is 1. The van der Waals surface area contributed by atoms with Crippen molar-refractivity contribution in [3.05, 3.63) is 34.9 Å². The van der Waals surface area contributed by atoms with E-state index in [1.165, 1.54) is 16.7 Å². The monoisotopic (exact) mass is 310 g/mol. The quantitative estimate of drug-likeness (QED) is 0.899. The number of benzene rings is 1. The highest BCUT2D eigenvalue weighted by molar-refractivity contribution is 7.91. The van der Waals surface area contributed by atoms with Gasteiger partial charge in [-0.05, 0) is 32.9 Å². The zero-order valence-corrected chi connectivity index (χ0v) is 14.0. The van der Waals surface area contributed by atoms with Crippen LogP contribution in [-0.4, -0.2) is 51.5 Å². The van der Waals surface area contributed by atoms with Gasteiger partial charge in [-0.1, -0.05) is 29.3 Å². The van der Waals surface area contributed by atoms with Gasteiger partial charge in [0.05, 0.1) is 11.5 Å². The van der Waals surface area contributed by atoms with Gasteiger partial charge >= 0.3 is 0 Å². The van der Waals surface area contributed by atoms with Crippen molar-refractivity contribution >= 4 is 9.84 Å². The van der Waals surface area contributed by atoms with Crippen LogP contribution in [0.1, 0.15) is 29.2 Å². The van der Waals surface area contributed by atoms with Crippen molar-refractivity contribution in [3.63, 3.8) is 0 Å². The SMILES string of the molecule is CNC(CCN1CCS(=O)(=O)CC1)c1cc(C)cc(C)c1. The van der Waals surface area contributed by atoms with E-state index in [-0.39, 0.29) is 0 Å². The summed E-state index contributed by atoms with van der Waals surface area (Å²) in [6.45, 7) is 6.53. The maximum absolute atomic E-state index is 11.4. The number of rotatable bonds is 5. The van der Waals surface area contributed by atoms with Gasteiger partial charge in [-0.2, -0.15) is 0 Å². The predicted molar refractivity (Wildman–Crippen MR) is 87.4 cm³/mol. The van der Waals surface area contributed by atoms with Crippen molar-refractivity contribution in [3.8, 4) is 0 Å². The fourth-order valence-corrected chi connectivity index (χ4v) is 4.25. The van der Waals surface area contributed by atoms with Crippen LogP contribution in [0.15, 0.2) is 18.2 Å². The second-order valence-electron chi connectivity index (χ2n) is 6.04. The summed E-state index contributed by atoms with van der Waals surface area (Å²) in [5.74, 6) is 0.613. The fraction of sp³-hybridized carbons (Fsp3) is 0.625. The molecule has 118 valence electrons. The average molecular weight is 310 g/mol. The molecule has 1 unspecified atom stereocenters. The molecule has 0 aliphatic carbocycles. The van der Waals surface area contributed by atoms with E-state index in [9.17, 15) is 8.42 Å². The van der Waals surface area contributed by atoms with Crippen LogP contribution in [0.2, 0.25) is 0 Å². The summed E-state index contributed by atoms with van der Waals surface area (Å²) >= 11 is 0. The van der Waals surface area contributed by atoms with Crippen molar-refractivity contribution in [2.45, 2.75) is 26.3 Å². The summed E-state index contributed by atoms with van der Waals surface area (Å²) in [6.07, 6.45) is 0.999. The van der Waals surface area contributed by atoms with E-state index in [0.29, 0.717) is 30.6 Å². The maximum atomic E-state index is 11.4. The second kappa shape index (κ2) is 6.90. The number of nitrogens with zero attached hydrogens (tertiary/aromatic N) is 1. The summed E-state index contributed by atoms with van der Waals surface area (Å²) in [5, 5.41) is 3.38. The Morgan fingerprint density at radius 2 is 1.71 bits per heavy atom. The van der Waals surface area contributed by atoms with Gasteiger partial charge in [0.15, 0.2) is 9.84 Å². The lowest BCUT2D eigenvalue weighted by Gasteiger charge is -2.28. The molecule has 21 heavy (non-hydrogen) atoms. The van der Waals surface area contributed by atoms with Crippen LogP contribution in [0.3, 0.4) is 0 Å². The van der Waals surface area contributed by atoms with E-state index < -0.39 is 9.84 Å². The minimum atomic E-state index is -2.78. The zero-order valence-electron chi connectivity index (χ0n) is 13.2. The topological polar surface area (TPSA) is 49.4 Å². The lowest BCUT2D eigenvalue weighted by molar-refractivity contribution is 0.277. The van der Waals surface area contributed by atoms with Gasteiger partial charge < -0.3 is 10.2 Å². The third-order valence-corrected chi connectivity index (χ3v) is 5.78. The van der Waals surface area contributed by atoms with E-state index in [1.807, 2.05) is 7.05 Å². The Morgan fingerprint density at radius 3 is 2.24 bits per heavy atom. The van der Waals surface area contributed by atoms with E-state index in [2.05, 4.69) is 42.3 Å². The third kappa shape index (κ3) is 4.80. The summed E-state index contributed by atoms with van der Waals surface area (Å²) < 4.78 is 22.9. The molecule has 0 saturated carbocycles. The Kier molecular flexibility index (Phi) is 5.41. The Labute approximate surface area is 128 Å². The molecule has 1 N–H and O–H groups in total. The molecule has 0 radical (unpaired) electrons. The van der Waals surface area contributed by atoms with E-state index in [1.54, 1.807) is 0 Å². The predicted octanol–water partition coefficient (Wildman–Crippen LogP) is 1.68. The molecule has 1 fully saturated rings. The average Bonchev–Trinajstić information content (AvgIpc) is 2.40. The number of hydrogen-bond acceptors (Lipinski definition) is 4. The van der Waals surface area contributed by atoms with Crippen LogP contribution < -0.4 is 5.32 Å². The summed E-state index contributed by atoms with van der Waals surface area (Å²) in [5.41, 5.74) is 3.89. The van der Waals surface area contributed by atoms with Crippen LogP contribution >= 0.6 is 0 Å². The van der Waals surface area contributed by atoms with Crippen molar-refractivity contribution < 1.29 is 8.42 Å². The molecule has 4 nitrogen and oxygen atoms in total. The standard InChI is InChI=1S/C16H26N2O2S/c1-13-10-14(2)12-15(11-13)16(17-3)4-5-18-6-8-21(19,20)9-7-18/h10-12,16-17H,4-9H2,1-3H3. The van der Waals surface area contributed by atoms with Crippen LogP contribution in [-0.2, 0) is 9.84 Å². The molecule has 0 spiro atoms. The largest absolute Gasteiger partial charge is 0.313 e. The van der Waals surface area contributed by atoms with E-state index in [0.717, 1.165) is 13.0 Å². The summed E-state index contributed by atoms with van der Waals surface area (Å²) in [6, 6.07) is 6.97. The van der Waals surface area contributed by atoms with Crippen molar-refractivity contribution in [1.82, 2.24) is 10.2 Å². The molecule has 0 aromatic heterocycles. The first-order chi connectivity index (χ1) is 9.89. The van der Waals surface area contributed by atoms with Gasteiger partial charge in [-0.3, -0.25) is 0 Å². The van der Waals surface area contributed by atoms with Gasteiger partial charge in [0.2, 0.25) is 0 Å². The lowest BCUT2D eigenvalue weighted by atomic mass is 9.99. The van der Waals surface area contributed by atoms with Crippen molar-refractivity contribution in [1.29, 1.82) is 0 Å². The first kappa shape index (κ1) is 16.5. The highest BCUT2D eigenvalue weighted by Gasteiger charge is 2.22. The minimum absolute atomic E-state index is 0.306. The van der Waals surface area contributed by atoms with Crippen LogP contribution in [0, 0.1) is 13.8 Å². The molecule has 1 atom stereocenters.